The number of hydroxylamine groups is 1. The van der Waals surface area contributed by atoms with Gasteiger partial charge in [0.05, 0.1) is 23.2 Å². The summed E-state index contributed by atoms with van der Waals surface area (Å²) >= 11 is 0. The van der Waals surface area contributed by atoms with Gasteiger partial charge in [-0.1, -0.05) is 26.7 Å². The van der Waals surface area contributed by atoms with Crippen molar-refractivity contribution in [1.29, 1.82) is 0 Å². The van der Waals surface area contributed by atoms with Gasteiger partial charge in [0.25, 0.3) is 11.8 Å². The second-order valence-electron chi connectivity index (χ2n) is 7.77. The molecule has 2 atom stereocenters. The molecule has 0 spiro atoms. The van der Waals surface area contributed by atoms with E-state index in [4.69, 9.17) is 9.94 Å². The van der Waals surface area contributed by atoms with Gasteiger partial charge in [0.15, 0.2) is 16.1 Å². The molecule has 1 aromatic rings. The van der Waals surface area contributed by atoms with E-state index in [0.29, 0.717) is 23.7 Å². The fourth-order valence-electron chi connectivity index (χ4n) is 3.32. The predicted octanol–water partition coefficient (Wildman–Crippen LogP) is 1.14. The zero-order chi connectivity index (χ0) is 24.6. The number of sulfone groups is 1. The van der Waals surface area contributed by atoms with Gasteiger partial charge in [-0.05, 0) is 37.1 Å². The number of aliphatic hydroxyl groups is 1. The second-order valence-corrected chi connectivity index (χ2v) is 9.81. The highest BCUT2D eigenvalue weighted by atomic mass is 32.2. The second kappa shape index (κ2) is 12.0. The minimum Gasteiger partial charge on any atom is -0.494 e. The number of amides is 4. The average Bonchev–Trinajstić information content (AvgIpc) is 3.08. The van der Waals surface area contributed by atoms with Crippen LogP contribution in [-0.2, 0) is 19.4 Å². The molecule has 1 saturated heterocycles. The van der Waals surface area contributed by atoms with Gasteiger partial charge in [0.2, 0.25) is 0 Å². The number of aliphatic hydroxyl groups excluding tert-OH is 1. The van der Waals surface area contributed by atoms with E-state index in [9.17, 15) is 27.9 Å². The summed E-state index contributed by atoms with van der Waals surface area (Å²) in [5.74, 6) is -4.27. The molecule has 1 aliphatic rings. The Hall–Kier alpha value is -2.70. The van der Waals surface area contributed by atoms with Crippen molar-refractivity contribution in [2.45, 2.75) is 50.7 Å². The van der Waals surface area contributed by atoms with E-state index in [2.05, 4.69) is 0 Å². The number of nitrogens with zero attached hydrogens (tertiary/aromatic N) is 2. The SMILES string of the molecule is CCCCOc1ccc(S(=O)(=O)CC(C(=O)NO)C(O)N2C(=O)CN(CCCC)C2=O)cc1. The number of carbonyl (C=O) groups is 3. The number of rotatable bonds is 13. The van der Waals surface area contributed by atoms with Crippen molar-refractivity contribution < 1.29 is 37.9 Å². The van der Waals surface area contributed by atoms with Crippen LogP contribution in [0.2, 0.25) is 0 Å². The van der Waals surface area contributed by atoms with Crippen LogP contribution in [0.1, 0.15) is 39.5 Å². The van der Waals surface area contributed by atoms with Crippen LogP contribution in [0.5, 0.6) is 5.75 Å². The van der Waals surface area contributed by atoms with Gasteiger partial charge >= 0.3 is 6.03 Å². The molecule has 1 fully saturated rings. The van der Waals surface area contributed by atoms with E-state index in [1.165, 1.54) is 34.6 Å². The van der Waals surface area contributed by atoms with Crippen molar-refractivity contribution in [3.05, 3.63) is 24.3 Å². The summed E-state index contributed by atoms with van der Waals surface area (Å²) in [5.41, 5.74) is 1.31. The Morgan fingerprint density at radius 3 is 2.36 bits per heavy atom. The lowest BCUT2D eigenvalue weighted by Gasteiger charge is -2.27. The summed E-state index contributed by atoms with van der Waals surface area (Å²) in [5, 5.41) is 19.8. The van der Waals surface area contributed by atoms with Gasteiger partial charge in [0.1, 0.15) is 12.3 Å². The van der Waals surface area contributed by atoms with Crippen LogP contribution in [0.3, 0.4) is 0 Å². The normalized spacial score (nSPS) is 16.1. The van der Waals surface area contributed by atoms with Crippen LogP contribution >= 0.6 is 0 Å². The highest BCUT2D eigenvalue weighted by Gasteiger charge is 2.45. The molecule has 0 aromatic heterocycles. The third-order valence-corrected chi connectivity index (χ3v) is 7.06. The highest BCUT2D eigenvalue weighted by Crippen LogP contribution is 2.24. The molecule has 12 heteroatoms. The third kappa shape index (κ3) is 6.65. The standard InChI is InChI=1S/C21H31N3O8S/c1-3-5-11-23-13-18(25)24(21(23)28)20(27)17(19(26)22-29)14-33(30,31)16-9-7-15(8-10-16)32-12-6-4-2/h7-10,17,20,27,29H,3-6,11-14H2,1-2H3,(H,22,26). The van der Waals surface area contributed by atoms with E-state index < -0.39 is 45.6 Å². The third-order valence-electron chi connectivity index (χ3n) is 5.27. The molecule has 2 unspecified atom stereocenters. The van der Waals surface area contributed by atoms with Crippen LogP contribution in [0.15, 0.2) is 29.2 Å². The van der Waals surface area contributed by atoms with E-state index >= 15 is 0 Å². The number of hydrogen-bond donors (Lipinski definition) is 3. The molecule has 1 heterocycles. The Kier molecular flexibility index (Phi) is 9.62. The highest BCUT2D eigenvalue weighted by molar-refractivity contribution is 7.91. The molecule has 0 saturated carbocycles. The summed E-state index contributed by atoms with van der Waals surface area (Å²) < 4.78 is 31.3. The molecule has 1 aliphatic heterocycles. The molecule has 0 radical (unpaired) electrons. The number of imide groups is 1. The first-order valence-electron chi connectivity index (χ1n) is 10.8. The van der Waals surface area contributed by atoms with Crippen molar-refractivity contribution in [1.82, 2.24) is 15.3 Å². The maximum atomic E-state index is 12.9. The number of carbonyl (C=O) groups excluding carboxylic acids is 3. The number of benzene rings is 1. The first kappa shape index (κ1) is 26.6. The van der Waals surface area contributed by atoms with Crippen molar-refractivity contribution in [2.24, 2.45) is 5.92 Å². The van der Waals surface area contributed by atoms with Gasteiger partial charge in [-0.15, -0.1) is 0 Å². The molecule has 0 aliphatic carbocycles. The lowest BCUT2D eigenvalue weighted by atomic mass is 10.1. The molecule has 11 nitrogen and oxygen atoms in total. The zero-order valence-electron chi connectivity index (χ0n) is 18.8. The lowest BCUT2D eigenvalue weighted by Crippen LogP contribution is -2.51. The molecule has 33 heavy (non-hydrogen) atoms. The maximum absolute atomic E-state index is 12.9. The Balaban J connectivity index is 2.20. The molecule has 0 bridgehead atoms. The van der Waals surface area contributed by atoms with Gasteiger partial charge in [-0.25, -0.2) is 23.6 Å². The average molecular weight is 486 g/mol. The predicted molar refractivity (Wildman–Crippen MR) is 117 cm³/mol. The van der Waals surface area contributed by atoms with Gasteiger partial charge in [0, 0.05) is 6.54 Å². The summed E-state index contributed by atoms with van der Waals surface area (Å²) in [6.45, 7) is 4.41. The molecule has 184 valence electrons. The van der Waals surface area contributed by atoms with Crippen LogP contribution in [-0.4, -0.2) is 78.1 Å². The van der Waals surface area contributed by atoms with Crippen LogP contribution in [0.25, 0.3) is 0 Å². The fraction of sp³-hybridized carbons (Fsp3) is 0.571. The molecular weight excluding hydrogens is 454 g/mol. The number of unbranched alkanes of at least 4 members (excludes halogenated alkanes) is 2. The van der Waals surface area contributed by atoms with Crippen molar-refractivity contribution in [3.8, 4) is 5.75 Å². The smallest absolute Gasteiger partial charge is 0.329 e. The Bertz CT molecular complexity index is 935. The monoisotopic (exact) mass is 485 g/mol. The van der Waals surface area contributed by atoms with Gasteiger partial charge in [-0.3, -0.25) is 14.8 Å². The molecule has 1 aromatic carbocycles. The first-order valence-corrected chi connectivity index (χ1v) is 12.5. The van der Waals surface area contributed by atoms with E-state index in [0.717, 1.165) is 19.3 Å². The van der Waals surface area contributed by atoms with E-state index in [-0.39, 0.29) is 18.0 Å². The van der Waals surface area contributed by atoms with Gasteiger partial charge in [-0.2, -0.15) is 0 Å². The zero-order valence-corrected chi connectivity index (χ0v) is 19.6. The quantitative estimate of drug-likeness (QED) is 0.163. The molecule has 3 N–H and O–H groups in total. The van der Waals surface area contributed by atoms with Crippen molar-refractivity contribution in [3.63, 3.8) is 0 Å². The number of urea groups is 1. The largest absolute Gasteiger partial charge is 0.494 e. The fourth-order valence-corrected chi connectivity index (χ4v) is 4.86. The van der Waals surface area contributed by atoms with Crippen LogP contribution in [0, 0.1) is 5.92 Å². The molecule has 4 amide bonds. The molecule has 2 rings (SSSR count). The first-order chi connectivity index (χ1) is 15.7. The molecular formula is C21H31N3O8S. The Morgan fingerprint density at radius 1 is 1.15 bits per heavy atom. The Labute approximate surface area is 193 Å². The minimum absolute atomic E-state index is 0.142. The van der Waals surface area contributed by atoms with Gasteiger partial charge < -0.3 is 14.7 Å². The topological polar surface area (TPSA) is 154 Å². The summed E-state index contributed by atoms with van der Waals surface area (Å²) in [4.78, 5) is 38.7. The minimum atomic E-state index is -4.14. The maximum Gasteiger partial charge on any atom is 0.329 e. The Morgan fingerprint density at radius 2 is 1.79 bits per heavy atom. The summed E-state index contributed by atoms with van der Waals surface area (Å²) in [6.07, 6.45) is 1.13. The summed E-state index contributed by atoms with van der Waals surface area (Å²) in [6, 6.07) is 4.73. The van der Waals surface area contributed by atoms with E-state index in [1.54, 1.807) is 0 Å². The van der Waals surface area contributed by atoms with Crippen LogP contribution < -0.4 is 10.2 Å². The van der Waals surface area contributed by atoms with Crippen molar-refractivity contribution >= 4 is 27.7 Å². The van der Waals surface area contributed by atoms with Crippen molar-refractivity contribution in [2.75, 3.05) is 25.4 Å². The summed E-state index contributed by atoms with van der Waals surface area (Å²) in [7, 11) is -4.14. The number of nitrogens with one attached hydrogen (secondary N) is 1. The van der Waals surface area contributed by atoms with Crippen LogP contribution in [0.4, 0.5) is 4.79 Å². The van der Waals surface area contributed by atoms with E-state index in [1.807, 2.05) is 13.8 Å². The number of ether oxygens (including phenoxy) is 1. The lowest BCUT2D eigenvalue weighted by molar-refractivity contribution is -0.144. The number of hydrogen-bond acceptors (Lipinski definition) is 8.